The molecule has 2 atom stereocenters. The maximum atomic E-state index is 13.5. The van der Waals surface area contributed by atoms with Gasteiger partial charge in [0.05, 0.1) is 38.2 Å². The molecule has 0 fully saturated rings. The zero-order valence-electron chi connectivity index (χ0n) is 19.7. The van der Waals surface area contributed by atoms with E-state index in [0.29, 0.717) is 50.2 Å². The van der Waals surface area contributed by atoms with E-state index in [9.17, 15) is 9.59 Å². The van der Waals surface area contributed by atoms with Crippen molar-refractivity contribution in [3.05, 3.63) is 87.2 Å². The molecule has 9 heteroatoms. The Hall–Kier alpha value is -4.17. The highest BCUT2D eigenvalue weighted by atomic mass is 35.5. The number of benzene rings is 3. The van der Waals surface area contributed by atoms with Gasteiger partial charge in [0.25, 0.3) is 5.91 Å². The summed E-state index contributed by atoms with van der Waals surface area (Å²) in [6.07, 6.45) is -1.09. The minimum atomic E-state index is -1.09. The van der Waals surface area contributed by atoms with Crippen LogP contribution in [0.25, 0.3) is 11.0 Å². The van der Waals surface area contributed by atoms with E-state index in [1.165, 1.54) is 21.3 Å². The fourth-order valence-electron chi connectivity index (χ4n) is 4.45. The molecule has 36 heavy (non-hydrogen) atoms. The molecule has 1 N–H and O–H groups in total. The summed E-state index contributed by atoms with van der Waals surface area (Å²) >= 11 is 5.98. The molecule has 1 amide bonds. The van der Waals surface area contributed by atoms with Gasteiger partial charge in [0.1, 0.15) is 11.3 Å². The van der Waals surface area contributed by atoms with Crippen LogP contribution in [0.2, 0.25) is 5.02 Å². The number of nitrogens with one attached hydrogen (secondary N) is 1. The molecule has 0 saturated carbocycles. The first-order valence-corrected chi connectivity index (χ1v) is 11.4. The highest BCUT2D eigenvalue weighted by Crippen LogP contribution is 2.48. The third-order valence-corrected chi connectivity index (χ3v) is 6.33. The lowest BCUT2D eigenvalue weighted by Crippen LogP contribution is -2.35. The van der Waals surface area contributed by atoms with E-state index >= 15 is 0 Å². The van der Waals surface area contributed by atoms with E-state index < -0.39 is 23.6 Å². The summed E-state index contributed by atoms with van der Waals surface area (Å²) in [5.41, 5.74) is 1.10. The quantitative estimate of drug-likeness (QED) is 0.367. The zero-order chi connectivity index (χ0) is 25.4. The SMILES string of the molecule is COc1cc([C@H]2c3c(c4ccccc4oc3=O)O[C@@H]2C(=O)Nc2ccc(Cl)cc2)cc(OC)c1OC. The standard InChI is InChI=1S/C27H22ClNO7/c1-32-19-12-14(13-20(33-2)24(19)34-3)21-22-23(17-6-4-5-7-18(17)35-27(22)31)36-25(21)26(30)29-16-10-8-15(28)9-11-16/h4-13,21,25H,1-3H3,(H,29,30)/t21-,25-/m0/s1. The Bertz CT molecular complexity index is 1490. The Labute approximate surface area is 211 Å². The van der Waals surface area contributed by atoms with Crippen LogP contribution >= 0.6 is 11.6 Å². The molecule has 1 aliphatic heterocycles. The first kappa shape index (κ1) is 23.6. The average Bonchev–Trinajstić information content (AvgIpc) is 3.31. The minimum Gasteiger partial charge on any atom is -0.493 e. The van der Waals surface area contributed by atoms with Gasteiger partial charge in [0, 0.05) is 10.7 Å². The number of hydrogen-bond donors (Lipinski definition) is 1. The van der Waals surface area contributed by atoms with Crippen LogP contribution in [0.5, 0.6) is 23.0 Å². The van der Waals surface area contributed by atoms with Crippen molar-refractivity contribution >= 4 is 34.2 Å². The van der Waals surface area contributed by atoms with Gasteiger partial charge in [-0.2, -0.15) is 0 Å². The first-order valence-electron chi connectivity index (χ1n) is 11.0. The van der Waals surface area contributed by atoms with E-state index in [-0.39, 0.29) is 5.56 Å². The van der Waals surface area contributed by atoms with Crippen molar-refractivity contribution < 1.29 is 28.2 Å². The average molecular weight is 508 g/mol. The van der Waals surface area contributed by atoms with Gasteiger partial charge in [-0.3, -0.25) is 4.79 Å². The summed E-state index contributed by atoms with van der Waals surface area (Å²) in [6.45, 7) is 0. The molecular formula is C27H22ClNO7. The minimum absolute atomic E-state index is 0.235. The largest absolute Gasteiger partial charge is 0.493 e. The topological polar surface area (TPSA) is 96.2 Å². The van der Waals surface area contributed by atoms with Crippen molar-refractivity contribution in [3.63, 3.8) is 0 Å². The van der Waals surface area contributed by atoms with Crippen molar-refractivity contribution in [1.82, 2.24) is 0 Å². The summed E-state index contributed by atoms with van der Waals surface area (Å²) in [5, 5.41) is 3.98. The fourth-order valence-corrected chi connectivity index (χ4v) is 4.58. The normalized spacial score (nSPS) is 16.2. The molecule has 3 aromatic carbocycles. The third-order valence-electron chi connectivity index (χ3n) is 6.07. The summed E-state index contributed by atoms with van der Waals surface area (Å²) in [4.78, 5) is 26.8. The van der Waals surface area contributed by atoms with Crippen molar-refractivity contribution in [2.24, 2.45) is 0 Å². The summed E-state index contributed by atoms with van der Waals surface area (Å²) in [5.74, 6) is 0.176. The second-order valence-corrected chi connectivity index (χ2v) is 8.54. The Kier molecular flexibility index (Phi) is 6.20. The summed E-state index contributed by atoms with van der Waals surface area (Å²) in [7, 11) is 4.48. The lowest BCUT2D eigenvalue weighted by atomic mass is 9.87. The van der Waals surface area contributed by atoms with Crippen LogP contribution < -0.4 is 29.9 Å². The van der Waals surface area contributed by atoms with Gasteiger partial charge in [0.2, 0.25) is 5.75 Å². The fraction of sp³-hybridized carbons (Fsp3) is 0.185. The number of methoxy groups -OCH3 is 3. The predicted molar refractivity (Wildman–Crippen MR) is 135 cm³/mol. The van der Waals surface area contributed by atoms with Crippen LogP contribution in [-0.4, -0.2) is 33.3 Å². The molecule has 0 unspecified atom stereocenters. The number of fused-ring (bicyclic) bond motifs is 3. The highest BCUT2D eigenvalue weighted by Gasteiger charge is 2.45. The van der Waals surface area contributed by atoms with Crippen molar-refractivity contribution in [3.8, 4) is 23.0 Å². The Morgan fingerprint density at radius 2 is 1.61 bits per heavy atom. The number of halogens is 1. The zero-order valence-corrected chi connectivity index (χ0v) is 20.4. The highest BCUT2D eigenvalue weighted by molar-refractivity contribution is 6.30. The number of rotatable bonds is 6. The van der Waals surface area contributed by atoms with Crippen LogP contribution in [0.3, 0.4) is 0 Å². The molecule has 0 spiro atoms. The van der Waals surface area contributed by atoms with E-state index in [2.05, 4.69) is 5.32 Å². The second-order valence-electron chi connectivity index (χ2n) is 8.10. The molecule has 0 aliphatic carbocycles. The second kappa shape index (κ2) is 9.47. The molecule has 1 aromatic heterocycles. The van der Waals surface area contributed by atoms with E-state index in [1.54, 1.807) is 54.6 Å². The van der Waals surface area contributed by atoms with Crippen LogP contribution in [0, 0.1) is 0 Å². The van der Waals surface area contributed by atoms with Crippen molar-refractivity contribution in [1.29, 1.82) is 0 Å². The monoisotopic (exact) mass is 507 g/mol. The lowest BCUT2D eigenvalue weighted by molar-refractivity contribution is -0.122. The molecule has 0 bridgehead atoms. The summed E-state index contributed by atoms with van der Waals surface area (Å²) < 4.78 is 28.3. The molecule has 2 heterocycles. The Balaban J connectivity index is 1.68. The number of carbonyl (C=O) groups is 1. The van der Waals surface area contributed by atoms with E-state index in [1.807, 2.05) is 6.07 Å². The molecule has 8 nitrogen and oxygen atoms in total. The van der Waals surface area contributed by atoms with Crippen LogP contribution in [0.1, 0.15) is 17.0 Å². The van der Waals surface area contributed by atoms with E-state index in [0.717, 1.165) is 0 Å². The van der Waals surface area contributed by atoms with Gasteiger partial charge in [-0.05, 0) is 54.1 Å². The molecule has 4 aromatic rings. The summed E-state index contributed by atoms with van der Waals surface area (Å²) in [6, 6.07) is 17.1. The maximum Gasteiger partial charge on any atom is 0.344 e. The maximum absolute atomic E-state index is 13.5. The Morgan fingerprint density at radius 3 is 2.25 bits per heavy atom. The van der Waals surface area contributed by atoms with Gasteiger partial charge in [-0.1, -0.05) is 23.7 Å². The number of ether oxygens (including phenoxy) is 4. The smallest absolute Gasteiger partial charge is 0.344 e. The van der Waals surface area contributed by atoms with Crippen molar-refractivity contribution in [2.75, 3.05) is 26.6 Å². The number of carbonyl (C=O) groups excluding carboxylic acids is 1. The van der Waals surface area contributed by atoms with E-state index in [4.69, 9.17) is 35.0 Å². The molecule has 1 aliphatic rings. The Morgan fingerprint density at radius 1 is 0.944 bits per heavy atom. The van der Waals surface area contributed by atoms with Crippen LogP contribution in [0.15, 0.2) is 69.9 Å². The van der Waals surface area contributed by atoms with Crippen LogP contribution in [-0.2, 0) is 4.79 Å². The predicted octanol–water partition coefficient (Wildman–Crippen LogP) is 5.00. The van der Waals surface area contributed by atoms with Crippen molar-refractivity contribution in [2.45, 2.75) is 12.0 Å². The third kappa shape index (κ3) is 3.99. The van der Waals surface area contributed by atoms with Gasteiger partial charge < -0.3 is 28.7 Å². The number of anilines is 1. The van der Waals surface area contributed by atoms with Gasteiger partial charge in [-0.25, -0.2) is 4.79 Å². The molecular weight excluding hydrogens is 486 g/mol. The molecule has 0 saturated heterocycles. The first-order chi connectivity index (χ1) is 17.4. The molecule has 5 rings (SSSR count). The lowest BCUT2D eigenvalue weighted by Gasteiger charge is -2.21. The number of hydrogen-bond acceptors (Lipinski definition) is 7. The number of amides is 1. The van der Waals surface area contributed by atoms with Gasteiger partial charge in [0.15, 0.2) is 17.6 Å². The van der Waals surface area contributed by atoms with Crippen LogP contribution in [0.4, 0.5) is 5.69 Å². The molecule has 0 radical (unpaired) electrons. The molecule has 184 valence electrons. The van der Waals surface area contributed by atoms with Gasteiger partial charge in [-0.15, -0.1) is 0 Å². The number of para-hydroxylation sites is 1. The van der Waals surface area contributed by atoms with Gasteiger partial charge >= 0.3 is 5.63 Å².